The van der Waals surface area contributed by atoms with Gasteiger partial charge in [0.05, 0.1) is 5.69 Å². The first-order valence-corrected chi connectivity index (χ1v) is 10.8. The molecular weight excluding hydrogens is 372 g/mol. The molecule has 0 N–H and O–H groups in total. The number of allylic oxidation sites excluding steroid dienone is 1. The third-order valence-electron chi connectivity index (χ3n) is 5.39. The molecule has 4 rings (SSSR count). The summed E-state index contributed by atoms with van der Waals surface area (Å²) in [7, 11) is 0. The maximum absolute atomic E-state index is 6.08. The van der Waals surface area contributed by atoms with Crippen LogP contribution in [0.2, 0.25) is 0 Å². The zero-order valence-electron chi connectivity index (χ0n) is 17.2. The fourth-order valence-corrected chi connectivity index (χ4v) is 3.68. The molecule has 0 spiro atoms. The first kappa shape index (κ1) is 20.1. The summed E-state index contributed by atoms with van der Waals surface area (Å²) in [5, 5.41) is 8.67. The Morgan fingerprint density at radius 2 is 1.40 bits per heavy atom. The second kappa shape index (κ2) is 10.6. The Hall–Kier alpha value is -3.14. The Morgan fingerprint density at radius 1 is 0.767 bits per heavy atom. The lowest BCUT2D eigenvalue weighted by atomic mass is 9.89. The summed E-state index contributed by atoms with van der Waals surface area (Å²) in [5.74, 6) is 1.68. The Labute approximate surface area is 178 Å². The Morgan fingerprint density at radius 3 is 2.07 bits per heavy atom. The van der Waals surface area contributed by atoms with Crippen molar-refractivity contribution in [3.8, 4) is 11.6 Å². The maximum Gasteiger partial charge on any atom is 0.276 e. The monoisotopic (exact) mass is 400 g/mol. The van der Waals surface area contributed by atoms with Crippen LogP contribution < -0.4 is 9.47 Å². The molecule has 0 bridgehead atoms. The number of aromatic nitrogens is 2. The number of hydrogen-bond acceptors (Lipinski definition) is 4. The molecule has 4 heteroatoms. The summed E-state index contributed by atoms with van der Waals surface area (Å²) in [6, 6.07) is 22.1. The zero-order valence-corrected chi connectivity index (χ0v) is 17.2. The van der Waals surface area contributed by atoms with E-state index < -0.39 is 0 Å². The van der Waals surface area contributed by atoms with Gasteiger partial charge in [-0.1, -0.05) is 86.0 Å². The summed E-state index contributed by atoms with van der Waals surface area (Å²) in [6.45, 7) is 0.883. The predicted octanol–water partition coefficient (Wildman–Crippen LogP) is 6.23. The lowest BCUT2D eigenvalue weighted by Gasteiger charge is -2.17. The third kappa shape index (κ3) is 5.93. The van der Waals surface area contributed by atoms with Gasteiger partial charge in [-0.05, 0) is 36.0 Å². The van der Waals surface area contributed by atoms with Crippen molar-refractivity contribution in [1.29, 1.82) is 0 Å². The van der Waals surface area contributed by atoms with E-state index >= 15 is 0 Å². The molecule has 1 aliphatic carbocycles. The smallest absolute Gasteiger partial charge is 0.276 e. The highest BCUT2D eigenvalue weighted by Gasteiger charge is 2.12. The van der Waals surface area contributed by atoms with Crippen LogP contribution in [0, 0.1) is 5.92 Å². The molecular formula is C26H28N2O2. The van der Waals surface area contributed by atoms with Gasteiger partial charge in [-0.15, -0.1) is 10.2 Å². The van der Waals surface area contributed by atoms with E-state index in [0.29, 0.717) is 30.8 Å². The summed E-state index contributed by atoms with van der Waals surface area (Å²) in [4.78, 5) is 0. The summed E-state index contributed by atoms with van der Waals surface area (Å²) in [5.41, 5.74) is 2.98. The van der Waals surface area contributed by atoms with E-state index in [9.17, 15) is 0 Å². The largest absolute Gasteiger partial charge is 0.483 e. The minimum absolute atomic E-state index is 0.421. The van der Waals surface area contributed by atoms with E-state index in [0.717, 1.165) is 16.8 Å². The SMILES string of the molecule is C(=CC1CCCCC1)c1cc(OCc2ccccc2)c(OCc2ccccc2)nn1. The maximum atomic E-state index is 6.08. The van der Waals surface area contributed by atoms with Crippen LogP contribution >= 0.6 is 0 Å². The number of nitrogens with zero attached hydrogens (tertiary/aromatic N) is 2. The summed E-state index contributed by atoms with van der Waals surface area (Å²) >= 11 is 0. The Bertz CT molecular complexity index is 936. The van der Waals surface area contributed by atoms with Gasteiger partial charge in [0.2, 0.25) is 0 Å². The van der Waals surface area contributed by atoms with Crippen LogP contribution in [0.3, 0.4) is 0 Å². The summed E-state index contributed by atoms with van der Waals surface area (Å²) < 4.78 is 12.0. The van der Waals surface area contributed by atoms with Crippen molar-refractivity contribution in [1.82, 2.24) is 10.2 Å². The van der Waals surface area contributed by atoms with Crippen molar-refractivity contribution in [3.05, 3.63) is 89.6 Å². The van der Waals surface area contributed by atoms with Crippen molar-refractivity contribution < 1.29 is 9.47 Å². The molecule has 3 aromatic rings. The van der Waals surface area contributed by atoms with E-state index in [-0.39, 0.29) is 0 Å². The molecule has 0 unspecified atom stereocenters. The molecule has 4 nitrogen and oxygen atoms in total. The molecule has 1 aromatic heterocycles. The molecule has 30 heavy (non-hydrogen) atoms. The van der Waals surface area contributed by atoms with Crippen LogP contribution in [0.1, 0.15) is 48.9 Å². The topological polar surface area (TPSA) is 44.2 Å². The number of hydrogen-bond donors (Lipinski definition) is 0. The third-order valence-corrected chi connectivity index (χ3v) is 5.39. The van der Waals surface area contributed by atoms with Crippen molar-refractivity contribution in [3.63, 3.8) is 0 Å². The standard InChI is InChI=1S/C26H28N2O2/c1-4-10-21(11-5-1)16-17-24-18-25(29-19-22-12-6-2-7-13-22)26(28-27-24)30-20-23-14-8-3-9-15-23/h2-3,6-9,12-18,21H,1,4-5,10-11,19-20H2. The van der Waals surface area contributed by atoms with Crippen LogP contribution in [0.15, 0.2) is 72.8 Å². The Kier molecular flexibility index (Phi) is 7.11. The molecule has 0 saturated heterocycles. The molecule has 1 aliphatic rings. The number of benzene rings is 2. The molecule has 1 saturated carbocycles. The average molecular weight is 401 g/mol. The molecule has 1 heterocycles. The highest BCUT2D eigenvalue weighted by atomic mass is 16.5. The molecule has 0 atom stereocenters. The number of ether oxygens (including phenoxy) is 2. The van der Waals surface area contributed by atoms with Gasteiger partial charge < -0.3 is 9.47 Å². The molecule has 0 amide bonds. The van der Waals surface area contributed by atoms with E-state index in [1.165, 1.54) is 32.1 Å². The van der Waals surface area contributed by atoms with Crippen molar-refractivity contribution >= 4 is 6.08 Å². The minimum atomic E-state index is 0.421. The molecule has 0 aliphatic heterocycles. The fourth-order valence-electron chi connectivity index (χ4n) is 3.68. The van der Waals surface area contributed by atoms with Crippen LogP contribution in [-0.4, -0.2) is 10.2 Å². The predicted molar refractivity (Wildman–Crippen MR) is 119 cm³/mol. The van der Waals surface area contributed by atoms with Crippen LogP contribution in [0.25, 0.3) is 6.08 Å². The van der Waals surface area contributed by atoms with Gasteiger partial charge in [-0.3, -0.25) is 0 Å². The van der Waals surface area contributed by atoms with Gasteiger partial charge in [0.1, 0.15) is 13.2 Å². The van der Waals surface area contributed by atoms with Crippen molar-refractivity contribution in [2.45, 2.75) is 45.3 Å². The van der Waals surface area contributed by atoms with Gasteiger partial charge in [-0.2, -0.15) is 0 Å². The van der Waals surface area contributed by atoms with Crippen molar-refractivity contribution in [2.75, 3.05) is 0 Å². The van der Waals surface area contributed by atoms with E-state index in [4.69, 9.17) is 9.47 Å². The average Bonchev–Trinajstić information content (AvgIpc) is 2.82. The summed E-state index contributed by atoms with van der Waals surface area (Å²) in [6.07, 6.45) is 10.9. The first-order valence-electron chi connectivity index (χ1n) is 10.8. The first-order chi connectivity index (χ1) is 14.9. The van der Waals surface area contributed by atoms with Crippen LogP contribution in [0.5, 0.6) is 11.6 Å². The fraction of sp³-hybridized carbons (Fsp3) is 0.308. The molecule has 0 radical (unpaired) electrons. The minimum Gasteiger partial charge on any atom is -0.483 e. The van der Waals surface area contributed by atoms with Gasteiger partial charge in [0.25, 0.3) is 5.88 Å². The highest BCUT2D eigenvalue weighted by Crippen LogP contribution is 2.28. The van der Waals surface area contributed by atoms with Crippen LogP contribution in [0.4, 0.5) is 0 Å². The molecule has 2 aromatic carbocycles. The van der Waals surface area contributed by atoms with E-state index in [2.05, 4.69) is 22.3 Å². The van der Waals surface area contributed by atoms with Gasteiger partial charge in [-0.25, -0.2) is 0 Å². The van der Waals surface area contributed by atoms with Crippen molar-refractivity contribution in [2.24, 2.45) is 5.92 Å². The quantitative estimate of drug-likeness (QED) is 0.450. The van der Waals surface area contributed by atoms with Crippen LogP contribution in [-0.2, 0) is 13.2 Å². The zero-order chi connectivity index (χ0) is 20.4. The second-order valence-electron chi connectivity index (χ2n) is 7.74. The number of rotatable bonds is 8. The lowest BCUT2D eigenvalue weighted by molar-refractivity contribution is 0.244. The molecule has 154 valence electrons. The highest BCUT2D eigenvalue weighted by molar-refractivity contribution is 5.49. The lowest BCUT2D eigenvalue weighted by Crippen LogP contribution is -2.05. The van der Waals surface area contributed by atoms with Gasteiger partial charge >= 0.3 is 0 Å². The van der Waals surface area contributed by atoms with E-state index in [1.807, 2.05) is 66.7 Å². The van der Waals surface area contributed by atoms with Gasteiger partial charge in [0.15, 0.2) is 5.75 Å². The van der Waals surface area contributed by atoms with E-state index in [1.54, 1.807) is 0 Å². The second-order valence-corrected chi connectivity index (χ2v) is 7.74. The van der Waals surface area contributed by atoms with Gasteiger partial charge in [0, 0.05) is 6.07 Å². The Balaban J connectivity index is 1.49. The normalized spacial score (nSPS) is 14.7. The molecule has 1 fully saturated rings.